The van der Waals surface area contributed by atoms with Crippen molar-refractivity contribution in [2.75, 3.05) is 11.5 Å². The Morgan fingerprint density at radius 3 is 2.77 bits per heavy atom. The summed E-state index contributed by atoms with van der Waals surface area (Å²) in [4.78, 5) is 18.2. The zero-order valence-corrected chi connectivity index (χ0v) is 17.5. The number of ether oxygens (including phenoxy) is 1. The van der Waals surface area contributed by atoms with Crippen LogP contribution >= 0.6 is 11.6 Å². The van der Waals surface area contributed by atoms with E-state index < -0.39 is 11.8 Å². The van der Waals surface area contributed by atoms with Crippen molar-refractivity contribution < 1.29 is 18.3 Å². The minimum absolute atomic E-state index is 0.0334. The summed E-state index contributed by atoms with van der Waals surface area (Å²) >= 11 is 6.11. The lowest BCUT2D eigenvalue weighted by Crippen LogP contribution is -2.35. The van der Waals surface area contributed by atoms with Gasteiger partial charge in [0.05, 0.1) is 34.9 Å². The molecular weight excluding hydrogens is 412 g/mol. The normalized spacial score (nSPS) is 16.3. The Hall–Kier alpha value is -2.51. The number of aryl methyl sites for hydroxylation is 1. The number of alkyl halides is 2. The zero-order chi connectivity index (χ0) is 21.5. The van der Waals surface area contributed by atoms with E-state index in [1.54, 1.807) is 18.2 Å². The van der Waals surface area contributed by atoms with Gasteiger partial charge in [0.2, 0.25) is 0 Å². The molecule has 2 heterocycles. The van der Waals surface area contributed by atoms with E-state index in [-0.39, 0.29) is 23.9 Å². The van der Waals surface area contributed by atoms with Gasteiger partial charge in [-0.3, -0.25) is 9.69 Å². The van der Waals surface area contributed by atoms with Crippen molar-refractivity contribution in [3.63, 3.8) is 0 Å². The first-order valence-corrected chi connectivity index (χ1v) is 10.3. The molecule has 30 heavy (non-hydrogen) atoms. The molecule has 1 aliphatic rings. The van der Waals surface area contributed by atoms with Gasteiger partial charge in [-0.05, 0) is 44.5 Å². The number of carbonyl (C=O) groups is 1. The lowest BCUT2D eigenvalue weighted by Gasteiger charge is -2.19. The summed E-state index contributed by atoms with van der Waals surface area (Å²) in [7, 11) is 0. The lowest BCUT2D eigenvalue weighted by molar-refractivity contribution is -0.141. The van der Waals surface area contributed by atoms with Crippen LogP contribution in [0, 0.1) is 0 Å². The Labute approximate surface area is 178 Å². The van der Waals surface area contributed by atoms with Gasteiger partial charge in [0.25, 0.3) is 0 Å². The molecule has 8 heteroatoms. The number of nitrogens with zero attached hydrogens (tertiary/aromatic N) is 3. The molecule has 158 valence electrons. The summed E-state index contributed by atoms with van der Waals surface area (Å²) in [5, 5.41) is 0.538. The van der Waals surface area contributed by atoms with E-state index in [0.717, 1.165) is 16.8 Å². The largest absolute Gasteiger partial charge is 0.379 e. The van der Waals surface area contributed by atoms with Gasteiger partial charge in [-0.15, -0.1) is 0 Å². The molecule has 2 aromatic carbocycles. The first kappa shape index (κ1) is 20.8. The number of halogens is 3. The third-order valence-electron chi connectivity index (χ3n) is 5.35. The van der Waals surface area contributed by atoms with Crippen molar-refractivity contribution in [2.45, 2.75) is 45.4 Å². The van der Waals surface area contributed by atoms with Crippen molar-refractivity contribution in [1.29, 1.82) is 0 Å². The van der Waals surface area contributed by atoms with Crippen LogP contribution in [0.2, 0.25) is 5.02 Å². The van der Waals surface area contributed by atoms with Crippen molar-refractivity contribution in [3.8, 4) is 0 Å². The van der Waals surface area contributed by atoms with E-state index in [9.17, 15) is 13.6 Å². The predicted molar refractivity (Wildman–Crippen MR) is 112 cm³/mol. The van der Waals surface area contributed by atoms with Crippen LogP contribution in [0.5, 0.6) is 0 Å². The molecule has 0 spiro atoms. The topological polar surface area (TPSA) is 47.4 Å². The fourth-order valence-corrected chi connectivity index (χ4v) is 4.04. The van der Waals surface area contributed by atoms with E-state index in [0.29, 0.717) is 29.5 Å². The third kappa shape index (κ3) is 3.56. The number of aromatic nitrogens is 2. The molecule has 0 bridgehead atoms. The first-order valence-electron chi connectivity index (χ1n) is 9.88. The number of hydrogen-bond donors (Lipinski definition) is 0. The molecule has 0 saturated heterocycles. The van der Waals surface area contributed by atoms with Crippen molar-refractivity contribution in [3.05, 3.63) is 58.9 Å². The van der Waals surface area contributed by atoms with Crippen molar-refractivity contribution >= 4 is 34.2 Å². The van der Waals surface area contributed by atoms with Gasteiger partial charge in [0, 0.05) is 18.2 Å². The molecule has 0 radical (unpaired) electrons. The maximum Gasteiger partial charge on any atom is 0.352 e. The van der Waals surface area contributed by atoms with E-state index in [2.05, 4.69) is 4.98 Å². The monoisotopic (exact) mass is 433 g/mol. The lowest BCUT2D eigenvalue weighted by atomic mass is 10.1. The van der Waals surface area contributed by atoms with Crippen molar-refractivity contribution in [1.82, 2.24) is 9.55 Å². The summed E-state index contributed by atoms with van der Waals surface area (Å²) in [5.41, 5.74) is 1.44. The Kier molecular flexibility index (Phi) is 5.51. The minimum Gasteiger partial charge on any atom is -0.379 e. The second-order valence-electron chi connectivity index (χ2n) is 7.35. The number of carbonyl (C=O) groups excluding carboxylic acids is 1. The van der Waals surface area contributed by atoms with Crippen LogP contribution in [-0.4, -0.2) is 28.2 Å². The summed E-state index contributed by atoms with van der Waals surface area (Å²) in [6, 6.07) is 11.3. The van der Waals surface area contributed by atoms with E-state index in [4.69, 9.17) is 16.3 Å². The summed E-state index contributed by atoms with van der Waals surface area (Å²) < 4.78 is 36.6. The Balaban J connectivity index is 1.72. The van der Waals surface area contributed by atoms with Gasteiger partial charge in [0.1, 0.15) is 5.82 Å². The maximum atomic E-state index is 14.5. The Bertz CT molecular complexity index is 1100. The van der Waals surface area contributed by atoms with Crippen LogP contribution in [0.15, 0.2) is 42.5 Å². The Morgan fingerprint density at radius 1 is 1.23 bits per heavy atom. The molecule has 5 nitrogen and oxygen atoms in total. The average Bonchev–Trinajstić information content (AvgIpc) is 3.14. The Morgan fingerprint density at radius 2 is 2.00 bits per heavy atom. The van der Waals surface area contributed by atoms with Crippen LogP contribution in [0.25, 0.3) is 11.0 Å². The van der Waals surface area contributed by atoms with Gasteiger partial charge in [-0.2, -0.15) is 8.78 Å². The van der Waals surface area contributed by atoms with E-state index >= 15 is 0 Å². The SMILES string of the molecule is CCOC(C)CCn1c(CN2C(=O)C(F)(F)c3ccccc32)nc2cc(Cl)ccc21. The molecule has 1 unspecified atom stereocenters. The highest BCUT2D eigenvalue weighted by atomic mass is 35.5. The zero-order valence-electron chi connectivity index (χ0n) is 16.7. The average molecular weight is 434 g/mol. The van der Waals surface area contributed by atoms with Gasteiger partial charge in [-0.25, -0.2) is 4.98 Å². The molecule has 1 amide bonds. The number of anilines is 1. The molecule has 0 aliphatic carbocycles. The third-order valence-corrected chi connectivity index (χ3v) is 5.58. The summed E-state index contributed by atoms with van der Waals surface area (Å²) in [6.45, 7) is 5.06. The molecule has 1 aromatic heterocycles. The molecule has 0 fully saturated rings. The van der Waals surface area contributed by atoms with Crippen molar-refractivity contribution in [2.24, 2.45) is 0 Å². The molecular formula is C22H22ClF2N3O2. The number of rotatable bonds is 7. The minimum atomic E-state index is -3.54. The van der Waals surface area contributed by atoms with Crippen LogP contribution in [-0.2, 0) is 28.5 Å². The van der Waals surface area contributed by atoms with Gasteiger partial charge < -0.3 is 9.30 Å². The first-order chi connectivity index (χ1) is 14.3. The molecule has 0 saturated carbocycles. The molecule has 4 rings (SSSR count). The van der Waals surface area contributed by atoms with Gasteiger partial charge in [-0.1, -0.05) is 29.8 Å². The number of fused-ring (bicyclic) bond motifs is 2. The molecule has 0 N–H and O–H groups in total. The second-order valence-corrected chi connectivity index (χ2v) is 7.79. The van der Waals surface area contributed by atoms with Crippen LogP contribution in [0.1, 0.15) is 31.7 Å². The second kappa shape index (κ2) is 7.96. The smallest absolute Gasteiger partial charge is 0.352 e. The van der Waals surface area contributed by atoms with Gasteiger partial charge >= 0.3 is 11.8 Å². The van der Waals surface area contributed by atoms with Crippen LogP contribution in [0.4, 0.5) is 14.5 Å². The highest BCUT2D eigenvalue weighted by Crippen LogP contribution is 2.44. The number of imidazole rings is 1. The van der Waals surface area contributed by atoms with Crippen LogP contribution < -0.4 is 4.90 Å². The van der Waals surface area contributed by atoms with Gasteiger partial charge in [0.15, 0.2) is 0 Å². The molecule has 3 aromatic rings. The number of benzene rings is 2. The quantitative estimate of drug-likeness (QED) is 0.518. The maximum absolute atomic E-state index is 14.5. The summed E-state index contributed by atoms with van der Waals surface area (Å²) in [5.74, 6) is -4.25. The fourth-order valence-electron chi connectivity index (χ4n) is 3.87. The molecule has 1 atom stereocenters. The molecule has 1 aliphatic heterocycles. The van der Waals surface area contributed by atoms with E-state index in [1.807, 2.05) is 24.5 Å². The van der Waals surface area contributed by atoms with E-state index in [1.165, 1.54) is 18.2 Å². The highest BCUT2D eigenvalue weighted by Gasteiger charge is 2.52. The number of hydrogen-bond acceptors (Lipinski definition) is 3. The predicted octanol–water partition coefficient (Wildman–Crippen LogP) is 5.14. The fraction of sp³-hybridized carbons (Fsp3) is 0.364. The van der Waals surface area contributed by atoms with Crippen LogP contribution in [0.3, 0.4) is 0 Å². The highest BCUT2D eigenvalue weighted by molar-refractivity contribution is 6.31. The number of para-hydroxylation sites is 1. The summed E-state index contributed by atoms with van der Waals surface area (Å²) in [6.07, 6.45) is 0.751. The number of amides is 1. The standard InChI is InChI=1S/C22H22ClF2N3O2/c1-3-30-14(2)10-11-27-19-9-8-15(23)12-17(19)26-20(27)13-28-18-7-5-4-6-16(18)22(24,25)21(28)29/h4-9,12,14H,3,10-11,13H2,1-2H3.